The third-order valence-electron chi connectivity index (χ3n) is 1.96. The summed E-state index contributed by atoms with van der Waals surface area (Å²) in [6.45, 7) is 4.48. The molecule has 14 heavy (non-hydrogen) atoms. The van der Waals surface area contributed by atoms with Gasteiger partial charge in [0.15, 0.2) is 0 Å². The van der Waals surface area contributed by atoms with Crippen molar-refractivity contribution < 1.29 is 9.21 Å². The Hall–Kier alpha value is -0.770. The quantitative estimate of drug-likeness (QED) is 0.782. The van der Waals surface area contributed by atoms with E-state index in [4.69, 9.17) is 4.42 Å². The number of hydrogen-bond acceptors (Lipinski definition) is 2. The number of rotatable bonds is 3. The average molecular weight is 260 g/mol. The van der Waals surface area contributed by atoms with Crippen LogP contribution in [0, 0.1) is 6.92 Å². The van der Waals surface area contributed by atoms with Gasteiger partial charge in [-0.05, 0) is 13.0 Å². The molecule has 0 fully saturated rings. The summed E-state index contributed by atoms with van der Waals surface area (Å²) in [7, 11) is 1.78. The summed E-state index contributed by atoms with van der Waals surface area (Å²) in [5.41, 5.74) is 0.639. The first-order valence-electron chi connectivity index (χ1n) is 4.46. The van der Waals surface area contributed by atoms with Crippen LogP contribution >= 0.6 is 15.9 Å². The molecule has 0 saturated carbocycles. The topological polar surface area (TPSA) is 33.5 Å². The lowest BCUT2D eigenvalue weighted by molar-refractivity contribution is 0.0795. The van der Waals surface area contributed by atoms with Crippen LogP contribution in [0.4, 0.5) is 0 Å². The second kappa shape index (κ2) is 4.64. The fourth-order valence-electron chi connectivity index (χ4n) is 1.27. The van der Waals surface area contributed by atoms with Crippen molar-refractivity contribution in [3.05, 3.63) is 23.7 Å². The smallest absolute Gasteiger partial charge is 0.257 e. The molecule has 3 nitrogen and oxygen atoms in total. The fraction of sp³-hybridized carbons (Fsp3) is 0.500. The number of aryl methyl sites for hydroxylation is 1. The summed E-state index contributed by atoms with van der Waals surface area (Å²) >= 11 is 3.41. The molecule has 1 rings (SSSR count). The van der Waals surface area contributed by atoms with Gasteiger partial charge in [-0.25, -0.2) is 0 Å². The van der Waals surface area contributed by atoms with E-state index < -0.39 is 0 Å². The largest absolute Gasteiger partial charge is 0.469 e. The Bertz CT molecular complexity index is 320. The SMILES string of the molecule is Cc1occc1C(=O)N(C)CC(C)Br. The lowest BCUT2D eigenvalue weighted by Gasteiger charge is -2.17. The van der Waals surface area contributed by atoms with Gasteiger partial charge >= 0.3 is 0 Å². The molecule has 1 heterocycles. The van der Waals surface area contributed by atoms with Crippen molar-refractivity contribution in [1.29, 1.82) is 0 Å². The second-order valence-electron chi connectivity index (χ2n) is 3.36. The normalized spacial score (nSPS) is 12.6. The van der Waals surface area contributed by atoms with E-state index in [-0.39, 0.29) is 5.91 Å². The highest BCUT2D eigenvalue weighted by Gasteiger charge is 2.16. The molecule has 0 aromatic carbocycles. The van der Waals surface area contributed by atoms with Crippen molar-refractivity contribution in [2.45, 2.75) is 18.7 Å². The lowest BCUT2D eigenvalue weighted by Crippen LogP contribution is -2.31. The van der Waals surface area contributed by atoms with E-state index >= 15 is 0 Å². The van der Waals surface area contributed by atoms with E-state index in [1.165, 1.54) is 6.26 Å². The van der Waals surface area contributed by atoms with Gasteiger partial charge in [0.05, 0.1) is 11.8 Å². The molecule has 0 aliphatic rings. The van der Waals surface area contributed by atoms with Crippen molar-refractivity contribution in [1.82, 2.24) is 4.90 Å². The number of alkyl halides is 1. The van der Waals surface area contributed by atoms with Gasteiger partial charge < -0.3 is 9.32 Å². The number of hydrogen-bond donors (Lipinski definition) is 0. The maximum atomic E-state index is 11.8. The Labute approximate surface area is 92.2 Å². The van der Waals surface area contributed by atoms with Gasteiger partial charge in [0, 0.05) is 18.4 Å². The van der Waals surface area contributed by atoms with Crippen molar-refractivity contribution in [2.75, 3.05) is 13.6 Å². The highest BCUT2D eigenvalue weighted by atomic mass is 79.9. The first kappa shape index (κ1) is 11.3. The van der Waals surface area contributed by atoms with Gasteiger partial charge in [0.2, 0.25) is 0 Å². The van der Waals surface area contributed by atoms with Gasteiger partial charge in [-0.15, -0.1) is 0 Å². The molecule has 0 N–H and O–H groups in total. The predicted octanol–water partition coefficient (Wildman–Crippen LogP) is 2.44. The van der Waals surface area contributed by atoms with Crippen molar-refractivity contribution in [2.24, 2.45) is 0 Å². The summed E-state index contributed by atoms with van der Waals surface area (Å²) in [4.78, 5) is 13.8. The third kappa shape index (κ3) is 2.61. The van der Waals surface area contributed by atoms with Crippen LogP contribution in [0.25, 0.3) is 0 Å². The average Bonchev–Trinajstić information content (AvgIpc) is 2.48. The second-order valence-corrected chi connectivity index (χ2v) is 4.92. The number of amides is 1. The Morgan fingerprint density at radius 3 is 2.79 bits per heavy atom. The molecule has 4 heteroatoms. The van der Waals surface area contributed by atoms with Gasteiger partial charge in [0.25, 0.3) is 5.91 Å². The minimum atomic E-state index is 0.00236. The van der Waals surface area contributed by atoms with Crippen LogP contribution in [0.2, 0.25) is 0 Å². The van der Waals surface area contributed by atoms with Gasteiger partial charge in [-0.3, -0.25) is 4.79 Å². The predicted molar refractivity (Wildman–Crippen MR) is 58.8 cm³/mol. The standard InChI is InChI=1S/C10H14BrNO2/c1-7(11)6-12(3)10(13)9-4-5-14-8(9)2/h4-5,7H,6H2,1-3H3. The van der Waals surface area contributed by atoms with E-state index in [2.05, 4.69) is 15.9 Å². The molecule has 1 amide bonds. The van der Waals surface area contributed by atoms with E-state index in [0.29, 0.717) is 22.7 Å². The van der Waals surface area contributed by atoms with E-state index in [1.54, 1.807) is 24.9 Å². The number of furan rings is 1. The van der Waals surface area contributed by atoms with Crippen molar-refractivity contribution in [3.8, 4) is 0 Å². The first-order valence-corrected chi connectivity index (χ1v) is 5.37. The van der Waals surface area contributed by atoms with Crippen LogP contribution in [0.3, 0.4) is 0 Å². The number of halogens is 1. The van der Waals surface area contributed by atoms with Crippen LogP contribution in [0.1, 0.15) is 23.0 Å². The number of carbonyl (C=O) groups excluding carboxylic acids is 1. The molecule has 1 unspecified atom stereocenters. The van der Waals surface area contributed by atoms with Gasteiger partial charge in [-0.1, -0.05) is 22.9 Å². The van der Waals surface area contributed by atoms with Crippen LogP contribution in [-0.2, 0) is 0 Å². The Balaban J connectivity index is 2.71. The molecule has 0 bridgehead atoms. The lowest BCUT2D eigenvalue weighted by atomic mass is 10.2. The molecule has 1 atom stereocenters. The maximum Gasteiger partial charge on any atom is 0.257 e. The molecule has 1 aromatic rings. The zero-order valence-electron chi connectivity index (χ0n) is 8.58. The first-order chi connectivity index (χ1) is 6.52. The van der Waals surface area contributed by atoms with Gasteiger partial charge in [0.1, 0.15) is 5.76 Å². The van der Waals surface area contributed by atoms with Gasteiger partial charge in [-0.2, -0.15) is 0 Å². The molecule has 0 saturated heterocycles. The van der Waals surface area contributed by atoms with E-state index in [0.717, 1.165) is 0 Å². The number of nitrogens with zero attached hydrogens (tertiary/aromatic N) is 1. The minimum absolute atomic E-state index is 0.00236. The van der Waals surface area contributed by atoms with Crippen LogP contribution in [-0.4, -0.2) is 29.2 Å². The monoisotopic (exact) mass is 259 g/mol. The molecule has 0 aliphatic heterocycles. The zero-order chi connectivity index (χ0) is 10.7. The van der Waals surface area contributed by atoms with E-state index in [1.807, 2.05) is 6.92 Å². The Kier molecular flexibility index (Phi) is 3.75. The summed E-state index contributed by atoms with van der Waals surface area (Å²) < 4.78 is 5.08. The van der Waals surface area contributed by atoms with Crippen molar-refractivity contribution >= 4 is 21.8 Å². The zero-order valence-corrected chi connectivity index (χ0v) is 10.2. The molecule has 0 spiro atoms. The highest BCUT2D eigenvalue weighted by molar-refractivity contribution is 9.09. The minimum Gasteiger partial charge on any atom is -0.469 e. The Morgan fingerprint density at radius 2 is 2.36 bits per heavy atom. The number of carbonyl (C=O) groups is 1. The highest BCUT2D eigenvalue weighted by Crippen LogP contribution is 2.12. The summed E-state index contributed by atoms with van der Waals surface area (Å²) in [5, 5.41) is 0. The van der Waals surface area contributed by atoms with Crippen LogP contribution in [0.15, 0.2) is 16.7 Å². The third-order valence-corrected chi connectivity index (χ3v) is 2.25. The molecule has 78 valence electrons. The molecule has 0 aliphatic carbocycles. The molecule has 1 aromatic heterocycles. The summed E-state index contributed by atoms with van der Waals surface area (Å²) in [5.74, 6) is 0.673. The van der Waals surface area contributed by atoms with Crippen LogP contribution in [0.5, 0.6) is 0 Å². The molecular formula is C10H14BrNO2. The molecular weight excluding hydrogens is 246 g/mol. The fourth-order valence-corrected chi connectivity index (χ4v) is 1.71. The summed E-state index contributed by atoms with van der Waals surface area (Å²) in [6.07, 6.45) is 1.54. The Morgan fingerprint density at radius 1 is 1.71 bits per heavy atom. The van der Waals surface area contributed by atoms with Crippen molar-refractivity contribution in [3.63, 3.8) is 0 Å². The van der Waals surface area contributed by atoms with E-state index in [9.17, 15) is 4.79 Å². The summed E-state index contributed by atoms with van der Waals surface area (Å²) in [6, 6.07) is 1.70. The molecule has 0 radical (unpaired) electrons. The van der Waals surface area contributed by atoms with Crippen LogP contribution < -0.4 is 0 Å². The maximum absolute atomic E-state index is 11.8.